The topological polar surface area (TPSA) is 54.0 Å². The van der Waals surface area contributed by atoms with Crippen molar-refractivity contribution >= 4 is 6.03 Å². The summed E-state index contributed by atoms with van der Waals surface area (Å²) < 4.78 is 26.5. The van der Waals surface area contributed by atoms with Crippen molar-refractivity contribution in [3.05, 3.63) is 29.6 Å². The number of hydrogen-bond acceptors (Lipinski definition) is 2. The van der Waals surface area contributed by atoms with Gasteiger partial charge in [0.2, 0.25) is 0 Å². The van der Waals surface area contributed by atoms with Gasteiger partial charge in [-0.25, -0.2) is 4.79 Å². The maximum absolute atomic E-state index is 13.2. The van der Waals surface area contributed by atoms with E-state index >= 15 is 0 Å². The van der Waals surface area contributed by atoms with Crippen LogP contribution >= 0.6 is 0 Å². The van der Waals surface area contributed by atoms with Crippen LogP contribution in [0.3, 0.4) is 0 Å². The molecule has 1 aromatic heterocycles. The van der Waals surface area contributed by atoms with Crippen LogP contribution in [0.4, 0.5) is 13.6 Å². The molecule has 6 heteroatoms. The molecule has 3 atom stereocenters. The maximum atomic E-state index is 13.2. The number of nitrogens with one attached hydrogen (secondary N) is 2. The van der Waals surface area contributed by atoms with E-state index in [2.05, 4.69) is 15.6 Å². The number of urea groups is 1. The molecule has 2 bridgehead atoms. The normalized spacial score (nSPS) is 27.0. The third-order valence-electron chi connectivity index (χ3n) is 4.78. The molecule has 3 unspecified atom stereocenters. The summed E-state index contributed by atoms with van der Waals surface area (Å²) in [5.41, 5.74) is 0.343. The summed E-state index contributed by atoms with van der Waals surface area (Å²) in [4.78, 5) is 15.6. The highest BCUT2D eigenvalue weighted by molar-refractivity contribution is 5.74. The highest BCUT2D eigenvalue weighted by Gasteiger charge is 2.40. The van der Waals surface area contributed by atoms with Crippen LogP contribution in [0.1, 0.15) is 43.9 Å². The fourth-order valence-electron chi connectivity index (χ4n) is 3.65. The minimum absolute atomic E-state index is 0.220. The number of fused-ring (bicyclic) bond motifs is 2. The Morgan fingerprint density at radius 3 is 2.86 bits per heavy atom. The zero-order chi connectivity index (χ0) is 15.7. The number of pyridine rings is 1. The number of amides is 2. The van der Waals surface area contributed by atoms with Crippen LogP contribution in [0.15, 0.2) is 18.3 Å². The van der Waals surface area contributed by atoms with Gasteiger partial charge in [0.1, 0.15) is 5.69 Å². The summed E-state index contributed by atoms with van der Waals surface area (Å²) in [5, 5.41) is 5.75. The first-order valence-corrected chi connectivity index (χ1v) is 7.79. The van der Waals surface area contributed by atoms with Crippen molar-refractivity contribution < 1.29 is 13.6 Å². The molecule has 0 saturated heterocycles. The van der Waals surface area contributed by atoms with Crippen LogP contribution in [0.5, 0.6) is 0 Å². The van der Waals surface area contributed by atoms with E-state index in [0.29, 0.717) is 11.5 Å². The van der Waals surface area contributed by atoms with Crippen molar-refractivity contribution in [1.29, 1.82) is 0 Å². The third kappa shape index (κ3) is 3.36. The van der Waals surface area contributed by atoms with Crippen LogP contribution in [-0.4, -0.2) is 17.1 Å². The van der Waals surface area contributed by atoms with E-state index in [-0.39, 0.29) is 24.3 Å². The standard InChI is InChI=1S/C16H21F2N3O/c1-16(17,18)14-8-11(4-5-19-14)9-20-15(22)21-13-7-10-2-3-12(13)6-10/h4-5,8,10,12-13H,2-3,6-7,9H2,1H3,(H2,20,21,22). The summed E-state index contributed by atoms with van der Waals surface area (Å²) >= 11 is 0. The molecule has 2 aliphatic carbocycles. The molecular formula is C16H21F2N3O. The summed E-state index contributed by atoms with van der Waals surface area (Å²) in [6.45, 7) is 1.03. The van der Waals surface area contributed by atoms with Crippen LogP contribution in [0.2, 0.25) is 0 Å². The second-order valence-electron chi connectivity index (χ2n) is 6.55. The molecule has 3 rings (SSSR count). The van der Waals surface area contributed by atoms with Crippen LogP contribution in [0.25, 0.3) is 0 Å². The summed E-state index contributed by atoms with van der Waals surface area (Å²) in [6, 6.07) is 3.01. The van der Waals surface area contributed by atoms with E-state index < -0.39 is 5.92 Å². The number of carbonyl (C=O) groups is 1. The summed E-state index contributed by atoms with van der Waals surface area (Å²) in [5.74, 6) is -1.59. The zero-order valence-corrected chi connectivity index (χ0v) is 12.6. The van der Waals surface area contributed by atoms with Gasteiger partial charge in [0.25, 0.3) is 5.92 Å². The molecule has 2 saturated carbocycles. The lowest BCUT2D eigenvalue weighted by Gasteiger charge is -2.23. The molecule has 4 nitrogen and oxygen atoms in total. The van der Waals surface area contributed by atoms with Gasteiger partial charge < -0.3 is 10.6 Å². The van der Waals surface area contributed by atoms with E-state index in [0.717, 1.165) is 19.3 Å². The van der Waals surface area contributed by atoms with E-state index in [1.807, 2.05) is 0 Å². The Morgan fingerprint density at radius 1 is 1.41 bits per heavy atom. The zero-order valence-electron chi connectivity index (χ0n) is 12.6. The largest absolute Gasteiger partial charge is 0.335 e. The lowest BCUT2D eigenvalue weighted by Crippen LogP contribution is -2.44. The molecule has 22 heavy (non-hydrogen) atoms. The van der Waals surface area contributed by atoms with Crippen molar-refractivity contribution in [3.63, 3.8) is 0 Å². The number of carbonyl (C=O) groups excluding carboxylic acids is 1. The number of rotatable bonds is 4. The van der Waals surface area contributed by atoms with Crippen molar-refractivity contribution in [2.24, 2.45) is 11.8 Å². The van der Waals surface area contributed by atoms with Crippen molar-refractivity contribution in [2.45, 2.75) is 51.1 Å². The first-order chi connectivity index (χ1) is 10.4. The van der Waals surface area contributed by atoms with E-state index in [1.54, 1.807) is 6.07 Å². The Bertz CT molecular complexity index is 559. The minimum Gasteiger partial charge on any atom is -0.335 e. The molecule has 2 fully saturated rings. The Hall–Kier alpha value is -1.72. The molecule has 120 valence electrons. The number of aromatic nitrogens is 1. The number of hydrogen-bond donors (Lipinski definition) is 2. The Kier molecular flexibility index (Phi) is 4.02. The third-order valence-corrected chi connectivity index (χ3v) is 4.78. The van der Waals surface area contributed by atoms with Gasteiger partial charge in [-0.1, -0.05) is 6.42 Å². The van der Waals surface area contributed by atoms with Gasteiger partial charge in [0, 0.05) is 25.7 Å². The molecule has 2 amide bonds. The molecule has 1 aromatic rings. The second-order valence-corrected chi connectivity index (χ2v) is 6.55. The van der Waals surface area contributed by atoms with Gasteiger partial charge in [-0.15, -0.1) is 0 Å². The van der Waals surface area contributed by atoms with Crippen molar-refractivity contribution in [2.75, 3.05) is 0 Å². The Labute approximate surface area is 128 Å². The molecule has 0 aliphatic heterocycles. The van der Waals surface area contributed by atoms with Gasteiger partial charge in [0.05, 0.1) is 0 Å². The smallest absolute Gasteiger partial charge is 0.315 e. The Balaban J connectivity index is 1.51. The lowest BCUT2D eigenvalue weighted by atomic mass is 9.95. The van der Waals surface area contributed by atoms with E-state index in [1.165, 1.54) is 31.5 Å². The Morgan fingerprint density at radius 2 is 2.23 bits per heavy atom. The van der Waals surface area contributed by atoms with Crippen molar-refractivity contribution in [3.8, 4) is 0 Å². The van der Waals surface area contributed by atoms with Gasteiger partial charge >= 0.3 is 6.03 Å². The average Bonchev–Trinajstić information content (AvgIpc) is 3.07. The van der Waals surface area contributed by atoms with Crippen LogP contribution < -0.4 is 10.6 Å². The number of nitrogens with zero attached hydrogens (tertiary/aromatic N) is 1. The lowest BCUT2D eigenvalue weighted by molar-refractivity contribution is 0.0127. The quantitative estimate of drug-likeness (QED) is 0.897. The molecule has 0 radical (unpaired) electrons. The predicted molar refractivity (Wildman–Crippen MR) is 78.4 cm³/mol. The number of halogens is 2. The molecule has 0 spiro atoms. The summed E-state index contributed by atoms with van der Waals surface area (Å²) in [7, 11) is 0. The molecule has 0 aromatic carbocycles. The summed E-state index contributed by atoms with van der Waals surface area (Å²) in [6.07, 6.45) is 6.13. The SMILES string of the molecule is CC(F)(F)c1cc(CNC(=O)NC2CC3CCC2C3)ccn1. The van der Waals surface area contributed by atoms with Gasteiger partial charge in [-0.2, -0.15) is 8.78 Å². The van der Waals surface area contributed by atoms with Gasteiger partial charge in [0.15, 0.2) is 0 Å². The average molecular weight is 309 g/mol. The highest BCUT2D eigenvalue weighted by Crippen LogP contribution is 2.44. The molecule has 2 N–H and O–H groups in total. The molecular weight excluding hydrogens is 288 g/mol. The van der Waals surface area contributed by atoms with E-state index in [4.69, 9.17) is 0 Å². The highest BCUT2D eigenvalue weighted by atomic mass is 19.3. The fourth-order valence-corrected chi connectivity index (χ4v) is 3.65. The second kappa shape index (κ2) is 5.82. The van der Waals surface area contributed by atoms with E-state index in [9.17, 15) is 13.6 Å². The van der Waals surface area contributed by atoms with Crippen LogP contribution in [0, 0.1) is 11.8 Å². The fraction of sp³-hybridized carbons (Fsp3) is 0.625. The predicted octanol–water partition coefficient (Wildman–Crippen LogP) is 3.18. The molecule has 1 heterocycles. The van der Waals surface area contributed by atoms with Crippen molar-refractivity contribution in [1.82, 2.24) is 15.6 Å². The number of alkyl halides is 2. The van der Waals surface area contributed by atoms with Crippen LogP contribution in [-0.2, 0) is 12.5 Å². The minimum atomic E-state index is -2.97. The van der Waals surface area contributed by atoms with Gasteiger partial charge in [-0.3, -0.25) is 4.98 Å². The molecule has 2 aliphatic rings. The maximum Gasteiger partial charge on any atom is 0.315 e. The first-order valence-electron chi connectivity index (χ1n) is 7.79. The van der Waals surface area contributed by atoms with Gasteiger partial charge in [-0.05, 0) is 48.8 Å². The first kappa shape index (κ1) is 15.2. The monoisotopic (exact) mass is 309 g/mol.